The smallest absolute Gasteiger partial charge is 0.253 e. The Kier molecular flexibility index (Phi) is 5.09. The van der Waals surface area contributed by atoms with E-state index in [1.807, 2.05) is 44.0 Å². The molecule has 0 bridgehead atoms. The van der Waals surface area contributed by atoms with Crippen molar-refractivity contribution in [1.82, 2.24) is 19.8 Å². The van der Waals surface area contributed by atoms with Gasteiger partial charge in [0, 0.05) is 25.7 Å². The van der Waals surface area contributed by atoms with Gasteiger partial charge in [-0.1, -0.05) is 6.42 Å². The zero-order chi connectivity index (χ0) is 17.1. The Morgan fingerprint density at radius 3 is 2.46 bits per heavy atom. The van der Waals surface area contributed by atoms with Gasteiger partial charge in [-0.05, 0) is 58.0 Å². The van der Waals surface area contributed by atoms with E-state index in [9.17, 15) is 4.79 Å². The summed E-state index contributed by atoms with van der Waals surface area (Å²) in [6, 6.07) is 5.60. The van der Waals surface area contributed by atoms with Gasteiger partial charge < -0.3 is 9.80 Å². The first-order chi connectivity index (χ1) is 11.5. The minimum atomic E-state index is 0.0499. The Morgan fingerprint density at radius 1 is 1.08 bits per heavy atom. The lowest BCUT2D eigenvalue weighted by Gasteiger charge is -2.28. The molecular weight excluding hydrogens is 300 g/mol. The zero-order valence-electron chi connectivity index (χ0n) is 14.9. The van der Waals surface area contributed by atoms with Gasteiger partial charge in [0.15, 0.2) is 0 Å². The van der Waals surface area contributed by atoms with Gasteiger partial charge in [0.2, 0.25) is 0 Å². The Balaban J connectivity index is 1.69. The molecule has 0 spiro atoms. The Morgan fingerprint density at radius 2 is 1.75 bits per heavy atom. The van der Waals surface area contributed by atoms with Crippen LogP contribution in [0, 0.1) is 13.8 Å². The van der Waals surface area contributed by atoms with E-state index in [-0.39, 0.29) is 5.91 Å². The third-order valence-corrected chi connectivity index (χ3v) is 4.87. The first kappa shape index (κ1) is 16.8. The number of likely N-dealkylation sites (tertiary alicyclic amines) is 1. The largest absolute Gasteiger partial charge is 0.340 e. The van der Waals surface area contributed by atoms with Crippen molar-refractivity contribution in [3.63, 3.8) is 0 Å². The first-order valence-electron chi connectivity index (χ1n) is 8.77. The summed E-state index contributed by atoms with van der Waals surface area (Å²) in [6.45, 7) is 7.93. The van der Waals surface area contributed by atoms with Crippen LogP contribution in [-0.2, 0) is 0 Å². The highest BCUT2D eigenvalue weighted by Gasteiger charge is 2.15. The number of fused-ring (bicyclic) bond motifs is 1. The summed E-state index contributed by atoms with van der Waals surface area (Å²) in [6.07, 6.45) is 3.89. The van der Waals surface area contributed by atoms with Gasteiger partial charge >= 0.3 is 0 Å². The van der Waals surface area contributed by atoms with Gasteiger partial charge in [-0.3, -0.25) is 4.79 Å². The van der Waals surface area contributed by atoms with Crippen molar-refractivity contribution in [1.29, 1.82) is 0 Å². The van der Waals surface area contributed by atoms with Crippen molar-refractivity contribution in [3.05, 3.63) is 35.2 Å². The summed E-state index contributed by atoms with van der Waals surface area (Å²) in [5, 5.41) is 0. The van der Waals surface area contributed by atoms with Crippen LogP contribution in [0.25, 0.3) is 11.0 Å². The monoisotopic (exact) mass is 326 g/mol. The van der Waals surface area contributed by atoms with Gasteiger partial charge in [-0.25, -0.2) is 9.97 Å². The summed E-state index contributed by atoms with van der Waals surface area (Å²) in [7, 11) is 1.88. The van der Waals surface area contributed by atoms with Gasteiger partial charge in [-0.15, -0.1) is 0 Å². The van der Waals surface area contributed by atoms with Gasteiger partial charge in [0.25, 0.3) is 5.91 Å². The van der Waals surface area contributed by atoms with Crippen LogP contribution < -0.4 is 0 Å². The second-order valence-electron chi connectivity index (χ2n) is 6.73. The van der Waals surface area contributed by atoms with Crippen LogP contribution in [0.15, 0.2) is 18.2 Å². The summed E-state index contributed by atoms with van der Waals surface area (Å²) in [5.74, 6) is 0.0499. The summed E-state index contributed by atoms with van der Waals surface area (Å²) in [4.78, 5) is 26.0. The maximum atomic E-state index is 12.7. The standard InChI is InChI=1S/C19H26N4O/c1-14-15(2)21-18-13-16(7-8-17(18)20-14)19(24)22(3)11-12-23-9-5-4-6-10-23/h7-8,13H,4-6,9-12H2,1-3H3. The third kappa shape index (κ3) is 3.73. The molecule has 128 valence electrons. The Labute approximate surface area is 143 Å². The molecule has 2 aromatic rings. The minimum absolute atomic E-state index is 0.0499. The van der Waals surface area contributed by atoms with E-state index in [0.717, 1.165) is 48.6 Å². The lowest BCUT2D eigenvalue weighted by atomic mass is 10.1. The van der Waals surface area contributed by atoms with Crippen molar-refractivity contribution >= 4 is 16.9 Å². The molecule has 1 saturated heterocycles. The highest BCUT2D eigenvalue weighted by atomic mass is 16.2. The molecule has 5 nitrogen and oxygen atoms in total. The topological polar surface area (TPSA) is 49.3 Å². The number of carbonyl (C=O) groups excluding carboxylic acids is 1. The van der Waals surface area contributed by atoms with Gasteiger partial charge in [-0.2, -0.15) is 0 Å². The quantitative estimate of drug-likeness (QED) is 0.867. The fourth-order valence-corrected chi connectivity index (χ4v) is 3.16. The molecule has 0 N–H and O–H groups in total. The molecule has 0 radical (unpaired) electrons. The second kappa shape index (κ2) is 7.26. The molecule has 5 heteroatoms. The van der Waals surface area contributed by atoms with Crippen LogP contribution in [0.3, 0.4) is 0 Å². The third-order valence-electron chi connectivity index (χ3n) is 4.87. The van der Waals surface area contributed by atoms with Gasteiger partial charge in [0.1, 0.15) is 0 Å². The summed E-state index contributed by atoms with van der Waals surface area (Å²) >= 11 is 0. The Hall–Kier alpha value is -2.01. The highest BCUT2D eigenvalue weighted by molar-refractivity contribution is 5.97. The zero-order valence-corrected chi connectivity index (χ0v) is 14.9. The lowest BCUT2D eigenvalue weighted by Crippen LogP contribution is -2.38. The fourth-order valence-electron chi connectivity index (χ4n) is 3.16. The number of aromatic nitrogens is 2. The number of amides is 1. The lowest BCUT2D eigenvalue weighted by molar-refractivity contribution is 0.0773. The maximum Gasteiger partial charge on any atom is 0.253 e. The number of hydrogen-bond donors (Lipinski definition) is 0. The molecule has 1 aliphatic heterocycles. The highest BCUT2D eigenvalue weighted by Crippen LogP contribution is 2.16. The number of likely N-dealkylation sites (N-methyl/N-ethyl adjacent to an activating group) is 1. The van der Waals surface area contributed by atoms with Crippen LogP contribution >= 0.6 is 0 Å². The number of aryl methyl sites for hydroxylation is 2. The number of rotatable bonds is 4. The molecule has 0 atom stereocenters. The number of piperidine rings is 1. The first-order valence-corrected chi connectivity index (χ1v) is 8.77. The fraction of sp³-hybridized carbons (Fsp3) is 0.526. The number of hydrogen-bond acceptors (Lipinski definition) is 4. The van der Waals surface area contributed by atoms with Crippen molar-refractivity contribution < 1.29 is 4.79 Å². The van der Waals surface area contributed by atoms with Crippen molar-refractivity contribution in [2.75, 3.05) is 33.2 Å². The Bertz CT molecular complexity index is 737. The molecule has 3 rings (SSSR count). The number of carbonyl (C=O) groups is 1. The van der Waals surface area contributed by atoms with Crippen LogP contribution in [0.4, 0.5) is 0 Å². The van der Waals surface area contributed by atoms with Crippen LogP contribution in [0.2, 0.25) is 0 Å². The molecule has 0 unspecified atom stereocenters. The summed E-state index contributed by atoms with van der Waals surface area (Å²) < 4.78 is 0. The number of benzene rings is 1. The molecule has 0 saturated carbocycles. The van der Waals surface area contributed by atoms with E-state index in [2.05, 4.69) is 14.9 Å². The van der Waals surface area contributed by atoms with E-state index in [1.165, 1.54) is 19.3 Å². The predicted octanol–water partition coefficient (Wildman–Crippen LogP) is 2.80. The molecular formula is C19H26N4O. The van der Waals surface area contributed by atoms with E-state index >= 15 is 0 Å². The average molecular weight is 326 g/mol. The van der Waals surface area contributed by atoms with Gasteiger partial charge in [0.05, 0.1) is 22.4 Å². The van der Waals surface area contributed by atoms with Crippen molar-refractivity contribution in [2.45, 2.75) is 33.1 Å². The normalized spacial score (nSPS) is 15.6. The van der Waals surface area contributed by atoms with Crippen molar-refractivity contribution in [3.8, 4) is 0 Å². The van der Waals surface area contributed by atoms with E-state index < -0.39 is 0 Å². The SMILES string of the molecule is Cc1nc2ccc(C(=O)N(C)CCN3CCCCC3)cc2nc1C. The number of nitrogens with zero attached hydrogens (tertiary/aromatic N) is 4. The van der Waals surface area contributed by atoms with E-state index in [1.54, 1.807) is 0 Å². The minimum Gasteiger partial charge on any atom is -0.340 e. The van der Waals surface area contributed by atoms with Crippen LogP contribution in [0.1, 0.15) is 41.0 Å². The van der Waals surface area contributed by atoms with Crippen molar-refractivity contribution in [2.24, 2.45) is 0 Å². The molecule has 2 heterocycles. The summed E-state index contributed by atoms with van der Waals surface area (Å²) in [5.41, 5.74) is 4.14. The molecule has 0 aliphatic carbocycles. The second-order valence-corrected chi connectivity index (χ2v) is 6.73. The predicted molar refractivity (Wildman–Crippen MR) is 96.3 cm³/mol. The van der Waals surface area contributed by atoms with E-state index in [0.29, 0.717) is 5.56 Å². The molecule has 1 aromatic carbocycles. The van der Waals surface area contributed by atoms with Crippen LogP contribution in [0.5, 0.6) is 0 Å². The molecule has 1 amide bonds. The molecule has 24 heavy (non-hydrogen) atoms. The van der Waals surface area contributed by atoms with E-state index in [4.69, 9.17) is 0 Å². The maximum absolute atomic E-state index is 12.7. The van der Waals surface area contributed by atoms with Crippen LogP contribution in [-0.4, -0.2) is 58.9 Å². The molecule has 1 fully saturated rings. The average Bonchev–Trinajstić information content (AvgIpc) is 2.60. The molecule has 1 aromatic heterocycles. The molecule has 1 aliphatic rings.